The quantitative estimate of drug-likeness (QED) is 0.703. The Kier molecular flexibility index (Phi) is 7.17. The number of rotatable bonds is 8. The van der Waals surface area contributed by atoms with Crippen LogP contribution in [0.1, 0.15) is 22.5 Å². The highest BCUT2D eigenvalue weighted by atomic mass is 35.5. The molecule has 0 spiro atoms. The fourth-order valence-electron chi connectivity index (χ4n) is 1.89. The first-order valence-electron chi connectivity index (χ1n) is 7.35. The Labute approximate surface area is 149 Å². The molecule has 0 saturated carbocycles. The van der Waals surface area contributed by atoms with Gasteiger partial charge in [-0.05, 0) is 30.7 Å². The fourth-order valence-corrected chi connectivity index (χ4v) is 2.72. The maximum absolute atomic E-state index is 12.1. The van der Waals surface area contributed by atoms with Crippen LogP contribution in [0, 0.1) is 0 Å². The summed E-state index contributed by atoms with van der Waals surface area (Å²) in [6.45, 7) is 1.18. The zero-order valence-corrected chi connectivity index (χ0v) is 14.7. The van der Waals surface area contributed by atoms with Crippen LogP contribution in [0.2, 0.25) is 5.02 Å². The maximum atomic E-state index is 12.1. The lowest BCUT2D eigenvalue weighted by Gasteiger charge is -2.03. The van der Waals surface area contributed by atoms with Gasteiger partial charge in [-0.2, -0.15) is 0 Å². The van der Waals surface area contributed by atoms with E-state index >= 15 is 0 Å². The van der Waals surface area contributed by atoms with Gasteiger partial charge in [0, 0.05) is 36.2 Å². The number of anilines is 1. The van der Waals surface area contributed by atoms with Crippen molar-refractivity contribution in [3.05, 3.63) is 45.9 Å². The van der Waals surface area contributed by atoms with E-state index in [-0.39, 0.29) is 18.2 Å². The average molecular weight is 368 g/mol. The molecular formula is C16H18ClN3O3S. The van der Waals surface area contributed by atoms with Crippen LogP contribution < -0.4 is 10.6 Å². The van der Waals surface area contributed by atoms with Crippen molar-refractivity contribution in [1.29, 1.82) is 0 Å². The van der Waals surface area contributed by atoms with Gasteiger partial charge in [-0.3, -0.25) is 14.9 Å². The smallest absolute Gasteiger partial charge is 0.257 e. The molecule has 2 rings (SSSR count). The zero-order valence-electron chi connectivity index (χ0n) is 13.2. The number of halogens is 1. The van der Waals surface area contributed by atoms with E-state index in [0.29, 0.717) is 34.6 Å². The zero-order chi connectivity index (χ0) is 17.4. The largest absolute Gasteiger partial charge is 0.385 e. The lowest BCUT2D eigenvalue weighted by molar-refractivity contribution is -0.120. The van der Waals surface area contributed by atoms with Crippen molar-refractivity contribution >= 4 is 39.9 Å². The second kappa shape index (κ2) is 9.36. The molecule has 6 nitrogen and oxygen atoms in total. The van der Waals surface area contributed by atoms with E-state index in [1.165, 1.54) is 11.3 Å². The van der Waals surface area contributed by atoms with Crippen LogP contribution in [0.4, 0.5) is 5.13 Å². The molecule has 0 aliphatic carbocycles. The van der Waals surface area contributed by atoms with Crippen molar-refractivity contribution < 1.29 is 14.3 Å². The minimum atomic E-state index is -0.267. The Hall–Kier alpha value is -1.96. The van der Waals surface area contributed by atoms with Gasteiger partial charge in [0.25, 0.3) is 5.91 Å². The van der Waals surface area contributed by atoms with Gasteiger partial charge >= 0.3 is 0 Å². The normalized spacial score (nSPS) is 10.4. The molecule has 0 saturated heterocycles. The van der Waals surface area contributed by atoms with Crippen molar-refractivity contribution in [2.24, 2.45) is 0 Å². The molecular weight excluding hydrogens is 350 g/mol. The van der Waals surface area contributed by atoms with Crippen molar-refractivity contribution in [1.82, 2.24) is 10.3 Å². The summed E-state index contributed by atoms with van der Waals surface area (Å²) in [5.41, 5.74) is 1.11. The summed E-state index contributed by atoms with van der Waals surface area (Å²) < 4.78 is 4.92. The molecule has 0 aliphatic rings. The van der Waals surface area contributed by atoms with Gasteiger partial charge in [-0.1, -0.05) is 11.6 Å². The van der Waals surface area contributed by atoms with Gasteiger partial charge in [0.15, 0.2) is 5.13 Å². The Bertz CT molecular complexity index is 688. The van der Waals surface area contributed by atoms with Gasteiger partial charge in [0.05, 0.1) is 12.1 Å². The summed E-state index contributed by atoms with van der Waals surface area (Å²) in [7, 11) is 1.62. The number of hydrogen-bond acceptors (Lipinski definition) is 5. The fraction of sp³-hybridized carbons (Fsp3) is 0.312. The predicted molar refractivity (Wildman–Crippen MR) is 94.7 cm³/mol. The highest BCUT2D eigenvalue weighted by Gasteiger charge is 2.11. The third-order valence-corrected chi connectivity index (χ3v) is 4.13. The Balaban J connectivity index is 1.83. The van der Waals surface area contributed by atoms with Crippen LogP contribution >= 0.6 is 22.9 Å². The molecule has 0 aliphatic heterocycles. The van der Waals surface area contributed by atoms with Gasteiger partial charge in [0.1, 0.15) is 0 Å². The van der Waals surface area contributed by atoms with E-state index in [2.05, 4.69) is 15.6 Å². The number of benzene rings is 1. The molecule has 0 atom stereocenters. The highest BCUT2D eigenvalue weighted by molar-refractivity contribution is 7.14. The van der Waals surface area contributed by atoms with Crippen molar-refractivity contribution in [3.63, 3.8) is 0 Å². The number of thiazole rings is 1. The number of hydrogen-bond donors (Lipinski definition) is 2. The summed E-state index contributed by atoms with van der Waals surface area (Å²) in [6, 6.07) is 6.58. The molecule has 2 aromatic rings. The van der Waals surface area contributed by atoms with E-state index in [1.807, 2.05) is 0 Å². The van der Waals surface area contributed by atoms with Crippen LogP contribution in [0.15, 0.2) is 29.6 Å². The first kappa shape index (κ1) is 18.4. The summed E-state index contributed by atoms with van der Waals surface area (Å²) in [4.78, 5) is 28.1. The minimum Gasteiger partial charge on any atom is -0.385 e. The minimum absolute atomic E-state index is 0.105. The van der Waals surface area contributed by atoms with E-state index in [4.69, 9.17) is 16.3 Å². The third-order valence-electron chi connectivity index (χ3n) is 3.07. The number of amides is 2. The van der Waals surface area contributed by atoms with Crippen LogP contribution in [0.25, 0.3) is 0 Å². The molecule has 1 aromatic carbocycles. The van der Waals surface area contributed by atoms with Crippen LogP contribution in [0.5, 0.6) is 0 Å². The number of carbonyl (C=O) groups excluding carboxylic acids is 2. The number of nitrogens with zero attached hydrogens (tertiary/aromatic N) is 1. The molecule has 128 valence electrons. The molecule has 0 bridgehead atoms. The van der Waals surface area contributed by atoms with Gasteiger partial charge in [-0.25, -0.2) is 4.98 Å². The van der Waals surface area contributed by atoms with Gasteiger partial charge < -0.3 is 10.1 Å². The first-order chi connectivity index (χ1) is 11.6. The van der Waals surface area contributed by atoms with Crippen LogP contribution in [-0.4, -0.2) is 37.1 Å². The number of aromatic nitrogens is 1. The average Bonchev–Trinajstić information content (AvgIpc) is 2.99. The first-order valence-corrected chi connectivity index (χ1v) is 8.61. The lowest BCUT2D eigenvalue weighted by Crippen LogP contribution is -2.26. The number of nitrogens with one attached hydrogen (secondary N) is 2. The summed E-state index contributed by atoms with van der Waals surface area (Å²) in [5.74, 6) is -0.372. The van der Waals surface area contributed by atoms with Crippen molar-refractivity contribution in [2.45, 2.75) is 12.8 Å². The predicted octanol–water partition coefficient (Wildman–Crippen LogP) is 2.74. The molecule has 1 aromatic heterocycles. The Morgan fingerprint density at radius 2 is 2.04 bits per heavy atom. The van der Waals surface area contributed by atoms with Crippen LogP contribution in [-0.2, 0) is 16.0 Å². The number of methoxy groups -OCH3 is 1. The summed E-state index contributed by atoms with van der Waals surface area (Å²) in [6.07, 6.45) is 0.946. The topological polar surface area (TPSA) is 80.3 Å². The second-order valence-corrected chi connectivity index (χ2v) is 6.27. The van der Waals surface area contributed by atoms with E-state index < -0.39 is 0 Å². The van der Waals surface area contributed by atoms with E-state index in [1.54, 1.807) is 36.8 Å². The van der Waals surface area contributed by atoms with E-state index in [0.717, 1.165) is 6.42 Å². The standard InChI is InChI=1S/C16H18ClN3O3S/c1-23-8-2-7-18-14(21)9-13-10-24-16(19-13)20-15(22)11-3-5-12(17)6-4-11/h3-6,10H,2,7-9H2,1H3,(H,18,21)(H,19,20,22). The number of carbonyl (C=O) groups is 2. The second-order valence-electron chi connectivity index (χ2n) is 4.98. The summed E-state index contributed by atoms with van der Waals surface area (Å²) >= 11 is 7.08. The van der Waals surface area contributed by atoms with Crippen LogP contribution in [0.3, 0.4) is 0 Å². The Morgan fingerprint density at radius 1 is 1.29 bits per heavy atom. The molecule has 1 heterocycles. The third kappa shape index (κ3) is 5.92. The number of ether oxygens (including phenoxy) is 1. The van der Waals surface area contributed by atoms with Gasteiger partial charge in [-0.15, -0.1) is 11.3 Å². The molecule has 2 N–H and O–H groups in total. The summed E-state index contributed by atoms with van der Waals surface area (Å²) in [5, 5.41) is 8.28. The monoisotopic (exact) mass is 367 g/mol. The molecule has 0 unspecified atom stereocenters. The molecule has 0 fully saturated rings. The van der Waals surface area contributed by atoms with Gasteiger partial charge in [0.2, 0.25) is 5.91 Å². The SMILES string of the molecule is COCCCNC(=O)Cc1csc(NC(=O)c2ccc(Cl)cc2)n1. The Morgan fingerprint density at radius 3 is 2.75 bits per heavy atom. The lowest BCUT2D eigenvalue weighted by atomic mass is 10.2. The van der Waals surface area contributed by atoms with E-state index in [9.17, 15) is 9.59 Å². The molecule has 24 heavy (non-hydrogen) atoms. The highest BCUT2D eigenvalue weighted by Crippen LogP contribution is 2.17. The molecule has 0 radical (unpaired) electrons. The van der Waals surface area contributed by atoms with Crippen molar-refractivity contribution in [3.8, 4) is 0 Å². The van der Waals surface area contributed by atoms with Crippen molar-refractivity contribution in [2.75, 3.05) is 25.6 Å². The molecule has 8 heteroatoms. The molecule has 2 amide bonds. The maximum Gasteiger partial charge on any atom is 0.257 e.